The monoisotopic (exact) mass is 292 g/mol. The summed E-state index contributed by atoms with van der Waals surface area (Å²) in [4.78, 5) is 10.4. The lowest BCUT2D eigenvalue weighted by Gasteiger charge is -2.16. The van der Waals surface area contributed by atoms with Gasteiger partial charge in [-0.05, 0) is 33.6 Å². The fourth-order valence-electron chi connectivity index (χ4n) is 1.54. The van der Waals surface area contributed by atoms with Gasteiger partial charge in [-0.3, -0.25) is 0 Å². The minimum Gasteiger partial charge on any atom is -0.399 e. The molecule has 0 atom stereocenters. The molecule has 0 aliphatic rings. The van der Waals surface area contributed by atoms with Gasteiger partial charge in [0.2, 0.25) is 5.95 Å². The number of anilines is 2. The lowest BCUT2D eigenvalue weighted by molar-refractivity contribution is 0.865. The van der Waals surface area contributed by atoms with Crippen LogP contribution in [0.5, 0.6) is 0 Å². The van der Waals surface area contributed by atoms with Gasteiger partial charge in [0.05, 0.1) is 4.47 Å². The molecule has 0 saturated heterocycles. The van der Waals surface area contributed by atoms with Crippen molar-refractivity contribution in [3.05, 3.63) is 46.7 Å². The van der Waals surface area contributed by atoms with Crippen molar-refractivity contribution in [1.82, 2.24) is 9.97 Å². The molecular formula is C12H13BrN4. The predicted molar refractivity (Wildman–Crippen MR) is 72.7 cm³/mol. The third kappa shape index (κ3) is 3.17. The summed E-state index contributed by atoms with van der Waals surface area (Å²) >= 11 is 3.31. The molecule has 0 bridgehead atoms. The Labute approximate surface area is 109 Å². The van der Waals surface area contributed by atoms with Crippen LogP contribution in [0.15, 0.2) is 41.1 Å². The molecule has 0 aliphatic carbocycles. The van der Waals surface area contributed by atoms with Crippen molar-refractivity contribution >= 4 is 27.6 Å². The van der Waals surface area contributed by atoms with E-state index in [0.29, 0.717) is 5.95 Å². The molecule has 2 rings (SSSR count). The summed E-state index contributed by atoms with van der Waals surface area (Å²) in [7, 11) is 1.95. The van der Waals surface area contributed by atoms with E-state index in [1.54, 1.807) is 12.4 Å². The second-order valence-corrected chi connectivity index (χ2v) is 4.72. The van der Waals surface area contributed by atoms with Crippen molar-refractivity contribution in [1.29, 1.82) is 0 Å². The summed E-state index contributed by atoms with van der Waals surface area (Å²) in [5.74, 6) is 0.690. The van der Waals surface area contributed by atoms with E-state index in [1.807, 2.05) is 36.2 Å². The van der Waals surface area contributed by atoms with E-state index in [-0.39, 0.29) is 0 Å². The maximum atomic E-state index is 5.74. The quantitative estimate of drug-likeness (QED) is 0.883. The average molecular weight is 293 g/mol. The summed E-state index contributed by atoms with van der Waals surface area (Å²) in [6, 6.07) is 7.81. The third-order valence-corrected chi connectivity index (χ3v) is 2.73. The molecular weight excluding hydrogens is 280 g/mol. The van der Waals surface area contributed by atoms with E-state index < -0.39 is 0 Å². The number of hydrogen-bond donors (Lipinski definition) is 1. The smallest absolute Gasteiger partial charge is 0.225 e. The lowest BCUT2D eigenvalue weighted by atomic mass is 10.2. The first-order valence-corrected chi connectivity index (χ1v) is 5.97. The van der Waals surface area contributed by atoms with E-state index in [2.05, 4.69) is 25.9 Å². The van der Waals surface area contributed by atoms with Crippen LogP contribution in [0.25, 0.3) is 0 Å². The first kappa shape index (κ1) is 11.9. The lowest BCUT2D eigenvalue weighted by Crippen LogP contribution is -2.18. The van der Waals surface area contributed by atoms with Gasteiger partial charge in [-0.25, -0.2) is 9.97 Å². The normalized spacial score (nSPS) is 10.2. The minimum atomic E-state index is 0.690. The van der Waals surface area contributed by atoms with Crippen LogP contribution in [-0.4, -0.2) is 17.0 Å². The SMILES string of the molecule is CN(Cc1cccc(N)c1)c1ncc(Br)cn1. The molecule has 17 heavy (non-hydrogen) atoms. The van der Waals surface area contributed by atoms with Crippen molar-refractivity contribution < 1.29 is 0 Å². The van der Waals surface area contributed by atoms with Crippen molar-refractivity contribution in [3.8, 4) is 0 Å². The Morgan fingerprint density at radius 1 is 1.29 bits per heavy atom. The van der Waals surface area contributed by atoms with Crippen LogP contribution in [0.1, 0.15) is 5.56 Å². The maximum Gasteiger partial charge on any atom is 0.225 e. The number of aromatic nitrogens is 2. The zero-order chi connectivity index (χ0) is 12.3. The number of rotatable bonds is 3. The summed E-state index contributed by atoms with van der Waals surface area (Å²) in [6.45, 7) is 0.729. The molecule has 0 aliphatic heterocycles. The van der Waals surface area contributed by atoms with Crippen molar-refractivity contribution in [2.24, 2.45) is 0 Å². The summed E-state index contributed by atoms with van der Waals surface area (Å²) in [5.41, 5.74) is 7.65. The van der Waals surface area contributed by atoms with Gasteiger partial charge in [0.1, 0.15) is 0 Å². The van der Waals surface area contributed by atoms with Gasteiger partial charge in [0.25, 0.3) is 0 Å². The van der Waals surface area contributed by atoms with Crippen molar-refractivity contribution in [2.45, 2.75) is 6.54 Å². The van der Waals surface area contributed by atoms with Gasteiger partial charge >= 0.3 is 0 Å². The second kappa shape index (κ2) is 5.14. The molecule has 0 unspecified atom stereocenters. The Hall–Kier alpha value is -1.62. The highest BCUT2D eigenvalue weighted by Crippen LogP contribution is 2.14. The fraction of sp³-hybridized carbons (Fsp3) is 0.167. The molecule has 0 fully saturated rings. The van der Waals surface area contributed by atoms with E-state index in [1.165, 1.54) is 0 Å². The Morgan fingerprint density at radius 2 is 2.00 bits per heavy atom. The van der Waals surface area contributed by atoms with E-state index in [0.717, 1.165) is 22.3 Å². The average Bonchev–Trinajstić information content (AvgIpc) is 2.29. The molecule has 0 radical (unpaired) electrons. The van der Waals surface area contributed by atoms with Gasteiger partial charge in [-0.15, -0.1) is 0 Å². The number of nitrogens with zero attached hydrogens (tertiary/aromatic N) is 3. The summed E-state index contributed by atoms with van der Waals surface area (Å²) in [5, 5.41) is 0. The van der Waals surface area contributed by atoms with Crippen molar-refractivity contribution in [2.75, 3.05) is 17.7 Å². The molecule has 88 valence electrons. The Balaban J connectivity index is 2.11. The molecule has 1 aromatic carbocycles. The molecule has 0 saturated carbocycles. The largest absolute Gasteiger partial charge is 0.399 e. The predicted octanol–water partition coefficient (Wildman–Crippen LogP) is 2.46. The highest BCUT2D eigenvalue weighted by molar-refractivity contribution is 9.10. The number of benzene rings is 1. The highest BCUT2D eigenvalue weighted by Gasteiger charge is 2.04. The topological polar surface area (TPSA) is 55.0 Å². The molecule has 1 aromatic heterocycles. The molecule has 1 heterocycles. The van der Waals surface area contributed by atoms with Crippen LogP contribution in [0.2, 0.25) is 0 Å². The molecule has 5 heteroatoms. The highest BCUT2D eigenvalue weighted by atomic mass is 79.9. The molecule has 2 N–H and O–H groups in total. The fourth-order valence-corrected chi connectivity index (χ4v) is 1.74. The summed E-state index contributed by atoms with van der Waals surface area (Å²) in [6.07, 6.45) is 3.47. The molecule has 2 aromatic rings. The van der Waals surface area contributed by atoms with Crippen molar-refractivity contribution in [3.63, 3.8) is 0 Å². The molecule has 4 nitrogen and oxygen atoms in total. The first-order chi connectivity index (χ1) is 8.15. The van der Waals surface area contributed by atoms with E-state index in [9.17, 15) is 0 Å². The van der Waals surface area contributed by atoms with Gasteiger partial charge in [0, 0.05) is 31.7 Å². The minimum absolute atomic E-state index is 0.690. The van der Waals surface area contributed by atoms with Gasteiger partial charge < -0.3 is 10.6 Å². The number of hydrogen-bond acceptors (Lipinski definition) is 4. The van der Waals surface area contributed by atoms with E-state index in [4.69, 9.17) is 5.73 Å². The Morgan fingerprint density at radius 3 is 2.65 bits per heavy atom. The zero-order valence-corrected chi connectivity index (χ0v) is 11.1. The number of halogens is 1. The third-order valence-electron chi connectivity index (χ3n) is 2.32. The van der Waals surface area contributed by atoms with Crippen LogP contribution in [-0.2, 0) is 6.54 Å². The Kier molecular flexibility index (Phi) is 3.58. The van der Waals surface area contributed by atoms with Crippen LogP contribution in [0.4, 0.5) is 11.6 Å². The molecule has 0 amide bonds. The van der Waals surface area contributed by atoms with E-state index >= 15 is 0 Å². The van der Waals surface area contributed by atoms with Crippen LogP contribution < -0.4 is 10.6 Å². The summed E-state index contributed by atoms with van der Waals surface area (Å²) < 4.78 is 0.874. The first-order valence-electron chi connectivity index (χ1n) is 5.18. The number of nitrogen functional groups attached to an aromatic ring is 1. The molecule has 0 spiro atoms. The number of nitrogens with two attached hydrogens (primary N) is 1. The van der Waals surface area contributed by atoms with Crippen LogP contribution in [0, 0.1) is 0 Å². The maximum absolute atomic E-state index is 5.74. The van der Waals surface area contributed by atoms with Gasteiger partial charge in [-0.2, -0.15) is 0 Å². The van der Waals surface area contributed by atoms with Gasteiger partial charge in [0.15, 0.2) is 0 Å². The van der Waals surface area contributed by atoms with Crippen LogP contribution >= 0.6 is 15.9 Å². The Bertz CT molecular complexity index is 498. The van der Waals surface area contributed by atoms with Gasteiger partial charge in [-0.1, -0.05) is 12.1 Å². The van der Waals surface area contributed by atoms with Crippen LogP contribution in [0.3, 0.4) is 0 Å². The zero-order valence-electron chi connectivity index (χ0n) is 9.47. The second-order valence-electron chi connectivity index (χ2n) is 3.80. The standard InChI is InChI=1S/C12H13BrN4/c1-17(12-15-6-10(13)7-16-12)8-9-3-2-4-11(14)5-9/h2-7H,8,14H2,1H3.